The van der Waals surface area contributed by atoms with Crippen molar-refractivity contribution in [3.63, 3.8) is 0 Å². The van der Waals surface area contributed by atoms with Crippen molar-refractivity contribution in [1.82, 2.24) is 10.2 Å². The summed E-state index contributed by atoms with van der Waals surface area (Å²) < 4.78 is 39.8. The SMILES string of the molecule is Cc1n[nH]c(C)c1S(=O)(=O)Nc1ccc(F)cc1C(=O)O. The number of carboxylic acid groups (broad SMARTS) is 1. The van der Waals surface area contributed by atoms with E-state index in [1.807, 2.05) is 0 Å². The molecule has 0 radical (unpaired) electrons. The number of nitrogens with one attached hydrogen (secondary N) is 2. The van der Waals surface area contributed by atoms with Gasteiger partial charge in [0.25, 0.3) is 10.0 Å². The monoisotopic (exact) mass is 313 g/mol. The van der Waals surface area contributed by atoms with Gasteiger partial charge >= 0.3 is 5.97 Å². The lowest BCUT2D eigenvalue weighted by molar-refractivity contribution is 0.0697. The highest BCUT2D eigenvalue weighted by atomic mass is 32.2. The highest BCUT2D eigenvalue weighted by Crippen LogP contribution is 2.24. The molecule has 0 saturated carbocycles. The van der Waals surface area contributed by atoms with Crippen molar-refractivity contribution in [2.75, 3.05) is 4.72 Å². The van der Waals surface area contributed by atoms with Crippen LogP contribution in [0.4, 0.5) is 10.1 Å². The van der Waals surface area contributed by atoms with E-state index < -0.39 is 27.4 Å². The van der Waals surface area contributed by atoms with Crippen molar-refractivity contribution < 1.29 is 22.7 Å². The Morgan fingerprint density at radius 2 is 2.05 bits per heavy atom. The maximum atomic E-state index is 13.1. The zero-order chi connectivity index (χ0) is 15.8. The van der Waals surface area contributed by atoms with Gasteiger partial charge in [-0.25, -0.2) is 17.6 Å². The fourth-order valence-corrected chi connectivity index (χ4v) is 3.37. The Balaban J connectivity index is 2.50. The van der Waals surface area contributed by atoms with E-state index in [1.54, 1.807) is 0 Å². The Morgan fingerprint density at radius 3 is 2.57 bits per heavy atom. The van der Waals surface area contributed by atoms with Gasteiger partial charge in [0.1, 0.15) is 10.7 Å². The third kappa shape index (κ3) is 2.87. The summed E-state index contributed by atoms with van der Waals surface area (Å²) in [5.41, 5.74) is -0.126. The number of aryl methyl sites for hydroxylation is 2. The molecule has 0 aliphatic rings. The number of aromatic nitrogens is 2. The van der Waals surface area contributed by atoms with Gasteiger partial charge in [0.05, 0.1) is 22.6 Å². The number of halogens is 1. The third-order valence-corrected chi connectivity index (χ3v) is 4.41. The van der Waals surface area contributed by atoms with E-state index in [0.29, 0.717) is 5.69 Å². The molecular formula is C12H12FN3O4S. The number of nitrogens with zero attached hydrogens (tertiary/aromatic N) is 1. The molecule has 0 atom stereocenters. The number of aromatic carboxylic acids is 1. The fourth-order valence-electron chi connectivity index (χ4n) is 1.91. The van der Waals surface area contributed by atoms with Gasteiger partial charge in [0.2, 0.25) is 0 Å². The number of carboxylic acids is 1. The molecule has 0 bridgehead atoms. The topological polar surface area (TPSA) is 112 Å². The second kappa shape index (κ2) is 5.17. The highest BCUT2D eigenvalue weighted by Gasteiger charge is 2.24. The van der Waals surface area contributed by atoms with Crippen molar-refractivity contribution in [2.45, 2.75) is 18.7 Å². The maximum absolute atomic E-state index is 13.1. The van der Waals surface area contributed by atoms with Crippen molar-refractivity contribution in [1.29, 1.82) is 0 Å². The van der Waals surface area contributed by atoms with Crippen molar-refractivity contribution in [3.8, 4) is 0 Å². The Bertz CT molecular complexity index is 794. The molecule has 0 aliphatic heterocycles. The summed E-state index contributed by atoms with van der Waals surface area (Å²) >= 11 is 0. The van der Waals surface area contributed by atoms with Crippen molar-refractivity contribution in [3.05, 3.63) is 41.0 Å². The molecule has 3 N–H and O–H groups in total. The van der Waals surface area contributed by atoms with Crippen LogP contribution in [-0.4, -0.2) is 29.7 Å². The van der Waals surface area contributed by atoms with E-state index in [9.17, 15) is 17.6 Å². The number of sulfonamides is 1. The first-order valence-corrected chi connectivity index (χ1v) is 7.28. The smallest absolute Gasteiger partial charge is 0.337 e. The van der Waals surface area contributed by atoms with E-state index in [4.69, 9.17) is 5.11 Å². The van der Waals surface area contributed by atoms with Crippen molar-refractivity contribution in [2.24, 2.45) is 0 Å². The van der Waals surface area contributed by atoms with Crippen molar-refractivity contribution >= 4 is 21.7 Å². The van der Waals surface area contributed by atoms with Gasteiger partial charge in [-0.2, -0.15) is 5.10 Å². The van der Waals surface area contributed by atoms with Crippen LogP contribution in [0.15, 0.2) is 23.1 Å². The van der Waals surface area contributed by atoms with Gasteiger partial charge in [-0.05, 0) is 32.0 Å². The zero-order valence-electron chi connectivity index (χ0n) is 11.1. The second-order valence-corrected chi connectivity index (χ2v) is 5.98. The lowest BCUT2D eigenvalue weighted by Gasteiger charge is -2.10. The van der Waals surface area contributed by atoms with Crippen LogP contribution in [0.25, 0.3) is 0 Å². The zero-order valence-corrected chi connectivity index (χ0v) is 12.0. The molecule has 0 saturated heterocycles. The lowest BCUT2D eigenvalue weighted by Crippen LogP contribution is -2.17. The van der Waals surface area contributed by atoms with E-state index in [0.717, 1.165) is 18.2 Å². The van der Waals surface area contributed by atoms with Gasteiger partial charge in [0.15, 0.2) is 0 Å². The minimum atomic E-state index is -4.03. The molecule has 0 spiro atoms. The van der Waals surface area contributed by atoms with E-state index >= 15 is 0 Å². The van der Waals surface area contributed by atoms with Gasteiger partial charge in [-0.1, -0.05) is 0 Å². The third-order valence-electron chi connectivity index (χ3n) is 2.79. The number of rotatable bonds is 4. The van der Waals surface area contributed by atoms with Gasteiger partial charge in [0, 0.05) is 0 Å². The van der Waals surface area contributed by atoms with Gasteiger partial charge in [-0.15, -0.1) is 0 Å². The van der Waals surface area contributed by atoms with Crippen LogP contribution in [0.3, 0.4) is 0 Å². The maximum Gasteiger partial charge on any atom is 0.337 e. The average Bonchev–Trinajstić information content (AvgIpc) is 2.71. The van der Waals surface area contributed by atoms with Crippen LogP contribution >= 0.6 is 0 Å². The van der Waals surface area contributed by atoms with Crippen LogP contribution in [0.2, 0.25) is 0 Å². The molecule has 1 aromatic carbocycles. The number of aromatic amines is 1. The molecule has 1 heterocycles. The largest absolute Gasteiger partial charge is 0.478 e. The van der Waals surface area contributed by atoms with E-state index in [-0.39, 0.29) is 16.3 Å². The molecule has 2 aromatic rings. The Hall–Kier alpha value is -2.42. The standard InChI is InChI=1S/C12H12FN3O4S/c1-6-11(7(2)15-14-6)21(19,20)16-10-4-3-8(13)5-9(10)12(17)18/h3-5,16H,1-2H3,(H,14,15)(H,17,18). The summed E-state index contributed by atoms with van der Waals surface area (Å²) in [7, 11) is -4.03. The molecule has 0 amide bonds. The fraction of sp³-hybridized carbons (Fsp3) is 0.167. The van der Waals surface area contributed by atoms with Crippen LogP contribution < -0.4 is 4.72 Å². The predicted octanol–water partition coefficient (Wildman–Crippen LogP) is 1.66. The van der Waals surface area contributed by atoms with Crippen LogP contribution in [0.1, 0.15) is 21.7 Å². The molecule has 0 unspecified atom stereocenters. The van der Waals surface area contributed by atoms with E-state index in [1.165, 1.54) is 13.8 Å². The molecule has 2 rings (SSSR count). The summed E-state index contributed by atoms with van der Waals surface area (Å²) in [5, 5.41) is 15.3. The average molecular weight is 313 g/mol. The second-order valence-electron chi connectivity index (χ2n) is 4.36. The minimum Gasteiger partial charge on any atom is -0.478 e. The quantitative estimate of drug-likeness (QED) is 0.794. The summed E-state index contributed by atoms with van der Waals surface area (Å²) in [6.45, 7) is 3.03. The minimum absolute atomic E-state index is 0.0665. The van der Waals surface area contributed by atoms with Gasteiger partial charge < -0.3 is 5.11 Å². The van der Waals surface area contributed by atoms with Gasteiger partial charge in [-0.3, -0.25) is 9.82 Å². The first-order chi connectivity index (χ1) is 9.72. The molecular weight excluding hydrogens is 301 g/mol. The molecule has 21 heavy (non-hydrogen) atoms. The number of benzene rings is 1. The molecule has 0 aliphatic carbocycles. The number of H-pyrrole nitrogens is 1. The Morgan fingerprint density at radius 1 is 1.38 bits per heavy atom. The Labute approximate surface area is 119 Å². The predicted molar refractivity (Wildman–Crippen MR) is 72.2 cm³/mol. The summed E-state index contributed by atoms with van der Waals surface area (Å²) in [5.74, 6) is -2.21. The lowest BCUT2D eigenvalue weighted by atomic mass is 10.2. The first-order valence-electron chi connectivity index (χ1n) is 5.79. The molecule has 112 valence electrons. The molecule has 7 nitrogen and oxygen atoms in total. The molecule has 9 heteroatoms. The van der Waals surface area contributed by atoms with Crippen LogP contribution in [0.5, 0.6) is 0 Å². The summed E-state index contributed by atoms with van der Waals surface area (Å²) in [6.07, 6.45) is 0. The Kier molecular flexibility index (Phi) is 3.69. The summed E-state index contributed by atoms with van der Waals surface area (Å²) in [4.78, 5) is 11.0. The summed E-state index contributed by atoms with van der Waals surface area (Å²) in [6, 6.07) is 2.77. The van der Waals surface area contributed by atoms with Crippen LogP contribution in [-0.2, 0) is 10.0 Å². The number of carbonyl (C=O) groups is 1. The first kappa shape index (κ1) is 15.0. The molecule has 0 fully saturated rings. The molecule has 1 aromatic heterocycles. The normalized spacial score (nSPS) is 11.4. The number of anilines is 1. The highest BCUT2D eigenvalue weighted by molar-refractivity contribution is 7.92. The van der Waals surface area contributed by atoms with Crippen LogP contribution in [0, 0.1) is 19.7 Å². The number of hydrogen-bond acceptors (Lipinski definition) is 4. The van der Waals surface area contributed by atoms with E-state index in [2.05, 4.69) is 14.9 Å². The number of hydrogen-bond donors (Lipinski definition) is 3.